The van der Waals surface area contributed by atoms with Crippen molar-refractivity contribution >= 4 is 17.5 Å². The number of nitrogens with one attached hydrogen (secondary N) is 1. The molecule has 1 heterocycles. The zero-order valence-electron chi connectivity index (χ0n) is 13.6. The van der Waals surface area contributed by atoms with Gasteiger partial charge in [-0.3, -0.25) is 9.59 Å². The number of carbonyl (C=O) groups is 2. The highest BCUT2D eigenvalue weighted by atomic mass is 16.2. The van der Waals surface area contributed by atoms with Gasteiger partial charge in [-0.25, -0.2) is 0 Å². The molecule has 1 saturated heterocycles. The van der Waals surface area contributed by atoms with E-state index in [1.807, 2.05) is 39.0 Å². The highest BCUT2D eigenvalue weighted by Gasteiger charge is 2.24. The summed E-state index contributed by atoms with van der Waals surface area (Å²) in [7, 11) is 0. The van der Waals surface area contributed by atoms with Gasteiger partial charge < -0.3 is 15.1 Å². The third-order valence-electron chi connectivity index (χ3n) is 3.58. The Labute approximate surface area is 132 Å². The molecule has 5 heteroatoms. The first-order valence-corrected chi connectivity index (χ1v) is 7.74. The van der Waals surface area contributed by atoms with E-state index < -0.39 is 0 Å². The van der Waals surface area contributed by atoms with Crippen LogP contribution in [0.25, 0.3) is 0 Å². The number of amides is 2. The van der Waals surface area contributed by atoms with Crippen LogP contribution in [0.5, 0.6) is 0 Å². The summed E-state index contributed by atoms with van der Waals surface area (Å²) in [5.41, 5.74) is 0.878. The summed E-state index contributed by atoms with van der Waals surface area (Å²) >= 11 is 0. The Kier molecular flexibility index (Phi) is 5.06. The quantitative estimate of drug-likeness (QED) is 0.864. The van der Waals surface area contributed by atoms with Gasteiger partial charge in [-0.05, 0) is 32.9 Å². The molecule has 0 spiro atoms. The predicted octanol–water partition coefficient (Wildman–Crippen LogP) is 1.64. The number of anilines is 1. The van der Waals surface area contributed by atoms with Gasteiger partial charge >= 0.3 is 0 Å². The molecule has 0 unspecified atom stereocenters. The van der Waals surface area contributed by atoms with Crippen molar-refractivity contribution in [2.75, 3.05) is 31.1 Å². The smallest absolute Gasteiger partial charge is 0.232 e. The molecule has 1 aliphatic heterocycles. The van der Waals surface area contributed by atoms with E-state index in [4.69, 9.17) is 0 Å². The number of hydrogen-bond acceptors (Lipinski definition) is 3. The molecule has 1 aromatic rings. The van der Waals surface area contributed by atoms with Crippen molar-refractivity contribution in [3.05, 3.63) is 30.3 Å². The number of benzene rings is 1. The summed E-state index contributed by atoms with van der Waals surface area (Å²) in [4.78, 5) is 28.1. The molecule has 0 atom stereocenters. The Morgan fingerprint density at radius 1 is 1.05 bits per heavy atom. The minimum atomic E-state index is -0.302. The second kappa shape index (κ2) is 6.81. The topological polar surface area (TPSA) is 52.7 Å². The third-order valence-corrected chi connectivity index (χ3v) is 3.58. The summed E-state index contributed by atoms with van der Waals surface area (Å²) < 4.78 is 0. The summed E-state index contributed by atoms with van der Waals surface area (Å²) in [6.07, 6.45) is -0.0669. The molecule has 2 amide bonds. The lowest BCUT2D eigenvalue weighted by molar-refractivity contribution is -0.136. The number of nitrogens with zero attached hydrogens (tertiary/aromatic N) is 2. The molecular weight excluding hydrogens is 278 g/mol. The van der Waals surface area contributed by atoms with Crippen LogP contribution in [0.1, 0.15) is 27.2 Å². The van der Waals surface area contributed by atoms with Gasteiger partial charge in [0.2, 0.25) is 11.8 Å². The van der Waals surface area contributed by atoms with E-state index in [0.29, 0.717) is 13.1 Å². The average molecular weight is 303 g/mol. The van der Waals surface area contributed by atoms with Crippen LogP contribution in [0.3, 0.4) is 0 Å². The molecule has 0 aromatic heterocycles. The van der Waals surface area contributed by atoms with E-state index in [-0.39, 0.29) is 23.8 Å². The molecule has 2 rings (SSSR count). The van der Waals surface area contributed by atoms with Gasteiger partial charge in [-0.15, -0.1) is 0 Å². The van der Waals surface area contributed by atoms with E-state index in [0.717, 1.165) is 13.1 Å². The first-order valence-electron chi connectivity index (χ1n) is 7.74. The van der Waals surface area contributed by atoms with Gasteiger partial charge in [0.25, 0.3) is 0 Å². The largest absolute Gasteiger partial charge is 0.368 e. The van der Waals surface area contributed by atoms with Crippen molar-refractivity contribution in [2.24, 2.45) is 0 Å². The predicted molar refractivity (Wildman–Crippen MR) is 87.7 cm³/mol. The van der Waals surface area contributed by atoms with Crippen LogP contribution in [0.15, 0.2) is 30.3 Å². The molecule has 22 heavy (non-hydrogen) atoms. The number of rotatable bonds is 3. The van der Waals surface area contributed by atoms with Crippen molar-refractivity contribution in [1.29, 1.82) is 0 Å². The van der Waals surface area contributed by atoms with Crippen LogP contribution in [0.2, 0.25) is 0 Å². The lowest BCUT2D eigenvalue weighted by atomic mass is 10.1. The number of hydrogen-bond donors (Lipinski definition) is 1. The van der Waals surface area contributed by atoms with Crippen LogP contribution < -0.4 is 10.2 Å². The zero-order valence-corrected chi connectivity index (χ0v) is 13.6. The molecule has 1 aliphatic rings. The van der Waals surface area contributed by atoms with Gasteiger partial charge in [0.1, 0.15) is 6.42 Å². The Bertz CT molecular complexity index is 514. The molecule has 120 valence electrons. The molecule has 0 radical (unpaired) electrons. The van der Waals surface area contributed by atoms with Crippen LogP contribution >= 0.6 is 0 Å². The third kappa shape index (κ3) is 4.76. The molecule has 0 bridgehead atoms. The maximum Gasteiger partial charge on any atom is 0.232 e. The molecular formula is C17H25N3O2. The van der Waals surface area contributed by atoms with E-state index in [9.17, 15) is 9.59 Å². The zero-order chi connectivity index (χ0) is 16.2. The maximum atomic E-state index is 12.2. The van der Waals surface area contributed by atoms with E-state index >= 15 is 0 Å². The lowest BCUT2D eigenvalue weighted by Gasteiger charge is -2.36. The SMILES string of the molecule is CC(C)(C)NC(=O)CC(=O)N1CCN(c2ccccc2)CC1. The fourth-order valence-corrected chi connectivity index (χ4v) is 2.56. The lowest BCUT2D eigenvalue weighted by Crippen LogP contribution is -2.50. The van der Waals surface area contributed by atoms with E-state index in [2.05, 4.69) is 22.3 Å². The first kappa shape index (κ1) is 16.3. The van der Waals surface area contributed by atoms with Crippen molar-refractivity contribution in [2.45, 2.75) is 32.7 Å². The molecule has 1 aromatic carbocycles. The minimum absolute atomic E-state index is 0.0669. The molecule has 1 fully saturated rings. The second-order valence-corrected chi connectivity index (χ2v) is 6.68. The van der Waals surface area contributed by atoms with Gasteiger partial charge in [-0.2, -0.15) is 0 Å². The van der Waals surface area contributed by atoms with Crippen LogP contribution in [-0.4, -0.2) is 48.4 Å². The summed E-state index contributed by atoms with van der Waals surface area (Å²) in [5, 5.41) is 2.83. The Hall–Kier alpha value is -2.04. The van der Waals surface area contributed by atoms with Crippen molar-refractivity contribution in [3.63, 3.8) is 0 Å². The van der Waals surface area contributed by atoms with Crippen LogP contribution in [0, 0.1) is 0 Å². The van der Waals surface area contributed by atoms with Crippen molar-refractivity contribution in [3.8, 4) is 0 Å². The number of piperazine rings is 1. The van der Waals surface area contributed by atoms with Crippen molar-refractivity contribution < 1.29 is 9.59 Å². The maximum absolute atomic E-state index is 12.2. The fourth-order valence-electron chi connectivity index (χ4n) is 2.56. The molecule has 1 N–H and O–H groups in total. The summed E-state index contributed by atoms with van der Waals surface area (Å²) in [6.45, 7) is 8.66. The van der Waals surface area contributed by atoms with Gasteiger partial charge in [0, 0.05) is 37.4 Å². The highest BCUT2D eigenvalue weighted by molar-refractivity contribution is 5.97. The van der Waals surface area contributed by atoms with E-state index in [1.54, 1.807) is 4.90 Å². The fraction of sp³-hybridized carbons (Fsp3) is 0.529. The standard InChI is InChI=1S/C17H25N3O2/c1-17(2,3)18-15(21)13-16(22)20-11-9-19(10-12-20)14-7-5-4-6-8-14/h4-8H,9-13H2,1-3H3,(H,18,21). The van der Waals surface area contributed by atoms with Gasteiger partial charge in [-0.1, -0.05) is 18.2 Å². The molecule has 5 nitrogen and oxygen atoms in total. The normalized spacial score (nSPS) is 15.6. The van der Waals surface area contributed by atoms with Crippen LogP contribution in [-0.2, 0) is 9.59 Å². The van der Waals surface area contributed by atoms with Gasteiger partial charge in [0.15, 0.2) is 0 Å². The number of carbonyl (C=O) groups excluding carboxylic acids is 2. The van der Waals surface area contributed by atoms with Crippen molar-refractivity contribution in [1.82, 2.24) is 10.2 Å². The monoisotopic (exact) mass is 303 g/mol. The summed E-state index contributed by atoms with van der Waals surface area (Å²) in [6, 6.07) is 10.2. The number of para-hydroxylation sites is 1. The second-order valence-electron chi connectivity index (χ2n) is 6.68. The van der Waals surface area contributed by atoms with E-state index in [1.165, 1.54) is 5.69 Å². The first-order chi connectivity index (χ1) is 10.3. The Morgan fingerprint density at radius 2 is 1.64 bits per heavy atom. The van der Waals surface area contributed by atoms with Gasteiger partial charge in [0.05, 0.1) is 0 Å². The summed E-state index contributed by atoms with van der Waals surface area (Å²) in [5.74, 6) is -0.294. The minimum Gasteiger partial charge on any atom is -0.368 e. The molecule has 0 aliphatic carbocycles. The van der Waals surface area contributed by atoms with Crippen LogP contribution in [0.4, 0.5) is 5.69 Å². The average Bonchev–Trinajstić information content (AvgIpc) is 2.46. The Morgan fingerprint density at radius 3 is 2.18 bits per heavy atom. The highest BCUT2D eigenvalue weighted by Crippen LogP contribution is 2.15. The molecule has 0 saturated carbocycles. The Balaban J connectivity index is 1.81.